The van der Waals surface area contributed by atoms with E-state index < -0.39 is 5.91 Å². The molecule has 0 fully saturated rings. The number of nitrogens with zero attached hydrogens (tertiary/aromatic N) is 3. The molecule has 0 atom stereocenters. The molecule has 0 aliphatic carbocycles. The fraction of sp³-hybridized carbons (Fsp3) is 0.286. The van der Waals surface area contributed by atoms with Crippen LogP contribution in [0.1, 0.15) is 17.3 Å². The van der Waals surface area contributed by atoms with E-state index in [-0.39, 0.29) is 17.1 Å². The van der Waals surface area contributed by atoms with Crippen LogP contribution in [0.5, 0.6) is 17.4 Å². The van der Waals surface area contributed by atoms with Crippen molar-refractivity contribution in [3.63, 3.8) is 0 Å². The Morgan fingerprint density at radius 1 is 1.10 bits per heavy atom. The van der Waals surface area contributed by atoms with Gasteiger partial charge in [-0.1, -0.05) is 18.2 Å². The van der Waals surface area contributed by atoms with E-state index in [1.165, 1.54) is 14.2 Å². The number of methoxy groups -OCH3 is 2. The number of ether oxygens (including phenoxy) is 3. The minimum absolute atomic E-state index is 0.0642. The lowest BCUT2D eigenvalue weighted by atomic mass is 10.2. The molecular weight excluding hydrogens is 374 g/mol. The zero-order valence-corrected chi connectivity index (χ0v) is 16.6. The summed E-state index contributed by atoms with van der Waals surface area (Å²) in [6, 6.07) is 12.2. The summed E-state index contributed by atoms with van der Waals surface area (Å²) in [4.78, 5) is 12.5. The Hall–Kier alpha value is -3.39. The number of hydrogen-bond acceptors (Lipinski definition) is 6. The van der Waals surface area contributed by atoms with Gasteiger partial charge in [-0.2, -0.15) is 0 Å². The molecule has 3 aromatic rings. The number of benzene rings is 2. The number of para-hydroxylation sites is 1. The second-order valence-electron chi connectivity index (χ2n) is 6.14. The largest absolute Gasteiger partial charge is 0.497 e. The predicted octanol–water partition coefficient (Wildman–Crippen LogP) is 4.32. The first-order valence-corrected chi connectivity index (χ1v) is 9.16. The molecule has 0 radical (unpaired) electrons. The highest BCUT2D eigenvalue weighted by molar-refractivity contribution is 5.97. The molecule has 0 spiro atoms. The van der Waals surface area contributed by atoms with E-state index >= 15 is 0 Å². The Morgan fingerprint density at radius 2 is 1.79 bits per heavy atom. The lowest BCUT2D eigenvalue weighted by Gasteiger charge is -2.06. The summed E-state index contributed by atoms with van der Waals surface area (Å²) in [6.07, 6.45) is 0. The average Bonchev–Trinajstić information content (AvgIpc) is 3.02. The van der Waals surface area contributed by atoms with Crippen LogP contribution < -0.4 is 9.47 Å². The topological polar surface area (TPSA) is 94.6 Å². The fourth-order valence-electron chi connectivity index (χ4n) is 2.98. The van der Waals surface area contributed by atoms with E-state index in [0.717, 1.165) is 5.52 Å². The van der Waals surface area contributed by atoms with Crippen LogP contribution in [0.2, 0.25) is 0 Å². The van der Waals surface area contributed by atoms with Crippen LogP contribution >= 0.6 is 0 Å². The highest BCUT2D eigenvalue weighted by Crippen LogP contribution is 2.38. The Kier molecular flexibility index (Phi) is 6.46. The van der Waals surface area contributed by atoms with E-state index in [1.54, 1.807) is 22.8 Å². The van der Waals surface area contributed by atoms with Gasteiger partial charge in [0, 0.05) is 24.6 Å². The highest BCUT2D eigenvalue weighted by atomic mass is 16.5. The molecule has 8 heteroatoms. The maximum absolute atomic E-state index is 12.5. The molecule has 1 amide bonds. The molecule has 29 heavy (non-hydrogen) atoms. The predicted molar refractivity (Wildman–Crippen MR) is 108 cm³/mol. The lowest BCUT2D eigenvalue weighted by Crippen LogP contribution is -2.05. The third-order valence-corrected chi connectivity index (χ3v) is 4.42. The SMILES string of the molecule is CCOCCn1c(O)c(N=NC(=O)c2cc(OC)cc(OC)c2)c2ccccc21. The van der Waals surface area contributed by atoms with Crippen molar-refractivity contribution in [1.29, 1.82) is 0 Å². The van der Waals surface area contributed by atoms with Gasteiger partial charge in [-0.25, -0.2) is 0 Å². The summed E-state index contributed by atoms with van der Waals surface area (Å²) >= 11 is 0. The van der Waals surface area contributed by atoms with Crippen molar-refractivity contribution in [2.75, 3.05) is 27.4 Å². The Labute approximate surface area is 168 Å². The summed E-state index contributed by atoms with van der Waals surface area (Å²) in [5, 5.41) is 19.2. The van der Waals surface area contributed by atoms with Crippen molar-refractivity contribution in [3.8, 4) is 17.4 Å². The van der Waals surface area contributed by atoms with Gasteiger partial charge in [0.15, 0.2) is 5.69 Å². The van der Waals surface area contributed by atoms with Crippen molar-refractivity contribution < 1.29 is 24.1 Å². The van der Waals surface area contributed by atoms with Crippen molar-refractivity contribution in [1.82, 2.24) is 4.57 Å². The van der Waals surface area contributed by atoms with Gasteiger partial charge in [0.1, 0.15) is 11.5 Å². The van der Waals surface area contributed by atoms with Crippen molar-refractivity contribution in [2.45, 2.75) is 13.5 Å². The van der Waals surface area contributed by atoms with Crippen molar-refractivity contribution >= 4 is 22.5 Å². The number of aromatic hydroxyl groups is 1. The number of amides is 1. The monoisotopic (exact) mass is 397 g/mol. The standard InChI is InChI=1S/C21H23N3O5/c1-4-29-10-9-24-18-8-6-5-7-17(18)19(21(24)26)22-23-20(25)14-11-15(27-2)13-16(12-14)28-3/h5-8,11-13,26H,4,9-10H2,1-3H3. The number of fused-ring (bicyclic) bond motifs is 1. The van der Waals surface area contributed by atoms with Crippen LogP contribution in [0.3, 0.4) is 0 Å². The zero-order chi connectivity index (χ0) is 20.8. The first-order chi connectivity index (χ1) is 14.1. The van der Waals surface area contributed by atoms with Gasteiger partial charge in [0.25, 0.3) is 5.91 Å². The number of rotatable bonds is 8. The van der Waals surface area contributed by atoms with Crippen molar-refractivity contribution in [2.24, 2.45) is 10.2 Å². The molecule has 0 saturated carbocycles. The normalized spacial score (nSPS) is 11.3. The molecule has 0 bridgehead atoms. The zero-order valence-electron chi connectivity index (χ0n) is 16.6. The molecule has 0 saturated heterocycles. The molecule has 2 aromatic carbocycles. The summed E-state index contributed by atoms with van der Waals surface area (Å²) < 4.78 is 17.4. The fourth-order valence-corrected chi connectivity index (χ4v) is 2.98. The van der Waals surface area contributed by atoms with E-state index in [2.05, 4.69) is 10.2 Å². The third kappa shape index (κ3) is 4.38. The van der Waals surface area contributed by atoms with Gasteiger partial charge in [-0.15, -0.1) is 10.2 Å². The van der Waals surface area contributed by atoms with Crippen LogP contribution in [0, 0.1) is 0 Å². The molecule has 0 unspecified atom stereocenters. The molecule has 8 nitrogen and oxygen atoms in total. The second kappa shape index (κ2) is 9.20. The molecule has 152 valence electrons. The van der Waals surface area contributed by atoms with Gasteiger partial charge in [0.05, 0.1) is 31.9 Å². The number of carbonyl (C=O) groups is 1. The molecule has 0 aliphatic rings. The molecule has 0 aliphatic heterocycles. The molecule has 1 N–H and O–H groups in total. The minimum Gasteiger partial charge on any atom is -0.497 e. The first-order valence-electron chi connectivity index (χ1n) is 9.16. The minimum atomic E-state index is -0.576. The second-order valence-corrected chi connectivity index (χ2v) is 6.14. The Bertz CT molecular complexity index is 1020. The van der Waals surface area contributed by atoms with E-state index in [0.29, 0.717) is 36.6 Å². The maximum atomic E-state index is 12.5. The van der Waals surface area contributed by atoms with Crippen LogP contribution in [-0.2, 0) is 11.3 Å². The summed E-state index contributed by atoms with van der Waals surface area (Å²) in [5.41, 5.74) is 1.29. The van der Waals surface area contributed by atoms with Crippen LogP contribution in [-0.4, -0.2) is 43.0 Å². The van der Waals surface area contributed by atoms with Crippen LogP contribution in [0.25, 0.3) is 10.9 Å². The van der Waals surface area contributed by atoms with Crippen LogP contribution in [0.15, 0.2) is 52.7 Å². The quantitative estimate of drug-likeness (QED) is 0.451. The van der Waals surface area contributed by atoms with E-state index in [4.69, 9.17) is 14.2 Å². The average molecular weight is 397 g/mol. The molecule has 1 aromatic heterocycles. The molecule has 3 rings (SSSR count). The number of hydrogen-bond donors (Lipinski definition) is 1. The summed E-state index contributed by atoms with van der Waals surface area (Å²) in [6.45, 7) is 3.40. The third-order valence-electron chi connectivity index (χ3n) is 4.42. The number of azo groups is 1. The highest BCUT2D eigenvalue weighted by Gasteiger charge is 2.17. The smallest absolute Gasteiger partial charge is 0.295 e. The van der Waals surface area contributed by atoms with Gasteiger partial charge >= 0.3 is 0 Å². The van der Waals surface area contributed by atoms with Gasteiger partial charge in [-0.3, -0.25) is 4.79 Å². The van der Waals surface area contributed by atoms with Gasteiger partial charge in [0.2, 0.25) is 5.88 Å². The van der Waals surface area contributed by atoms with Crippen LogP contribution in [0.4, 0.5) is 5.69 Å². The lowest BCUT2D eigenvalue weighted by molar-refractivity contribution is 0.0994. The van der Waals surface area contributed by atoms with Crippen molar-refractivity contribution in [3.05, 3.63) is 48.0 Å². The van der Waals surface area contributed by atoms with E-state index in [9.17, 15) is 9.90 Å². The van der Waals surface area contributed by atoms with Gasteiger partial charge < -0.3 is 23.9 Å². The number of aromatic nitrogens is 1. The summed E-state index contributed by atoms with van der Waals surface area (Å²) in [7, 11) is 3.00. The summed E-state index contributed by atoms with van der Waals surface area (Å²) in [5.74, 6) is 0.301. The number of carbonyl (C=O) groups excluding carboxylic acids is 1. The maximum Gasteiger partial charge on any atom is 0.295 e. The first kappa shape index (κ1) is 20.3. The van der Waals surface area contributed by atoms with E-state index in [1.807, 2.05) is 31.2 Å². The Morgan fingerprint density at radius 3 is 2.45 bits per heavy atom. The molecule has 1 heterocycles. The molecular formula is C21H23N3O5. The van der Waals surface area contributed by atoms with Gasteiger partial charge in [-0.05, 0) is 25.1 Å². The Balaban J connectivity index is 1.94.